The molecule has 2 aliphatic heterocycles. The molecule has 4 atom stereocenters. The highest BCUT2D eigenvalue weighted by atomic mass is 32.1. The summed E-state index contributed by atoms with van der Waals surface area (Å²) in [5.74, 6) is 0.660. The number of likely N-dealkylation sites (tertiary alicyclic amines) is 2. The number of anilines is 2. The molecule has 2 fully saturated rings. The van der Waals surface area contributed by atoms with Crippen molar-refractivity contribution in [3.63, 3.8) is 0 Å². The normalized spacial score (nSPS) is 24.5. The molecule has 9 heteroatoms. The lowest BCUT2D eigenvalue weighted by Gasteiger charge is -2.38. The number of fused-ring (bicyclic) bond motifs is 1. The number of rotatable bonds is 4. The smallest absolute Gasteiger partial charge is 0.313 e. The number of hydrogen-bond acceptors (Lipinski definition) is 7. The number of carbonyl (C=O) groups excluding carboxylic acids is 2. The number of nitrogens with zero attached hydrogens (tertiary/aromatic N) is 4. The van der Waals surface area contributed by atoms with Gasteiger partial charge in [-0.3, -0.25) is 9.59 Å². The average molecular weight is 535 g/mol. The second-order valence-corrected chi connectivity index (χ2v) is 12.2. The standard InChI is InChI=1S/C29H38N6O2S/c1-5-19-12-21(14-31-26(19)30)32-27(36)29(37)35-15-17(2)6-8-24(35)20-7-9-25-23(13-20)33-28(38-25)22-10-11-34(4)16-18(22)3/h7,9,12-14,17-18,22,24H,5-6,8,10-11,15-16H2,1-4H3,(H2,30,31)(H,32,36)/t17-,18?,22?,24?/m0/s1. The van der Waals surface area contributed by atoms with E-state index in [2.05, 4.69) is 54.3 Å². The molecular formula is C29H38N6O2S. The number of pyridine rings is 1. The van der Waals surface area contributed by atoms with E-state index in [9.17, 15) is 9.59 Å². The van der Waals surface area contributed by atoms with Crippen LogP contribution in [0.4, 0.5) is 11.5 Å². The maximum atomic E-state index is 13.4. The van der Waals surface area contributed by atoms with Gasteiger partial charge in [0.15, 0.2) is 0 Å². The minimum atomic E-state index is -0.647. The van der Waals surface area contributed by atoms with Crippen LogP contribution in [0.5, 0.6) is 0 Å². The molecule has 38 heavy (non-hydrogen) atoms. The Morgan fingerprint density at radius 1 is 1.16 bits per heavy atom. The Hall–Kier alpha value is -3.04. The van der Waals surface area contributed by atoms with Crippen molar-refractivity contribution in [1.29, 1.82) is 0 Å². The van der Waals surface area contributed by atoms with Crippen molar-refractivity contribution in [2.24, 2.45) is 11.8 Å². The maximum absolute atomic E-state index is 13.4. The Kier molecular flexibility index (Phi) is 7.68. The molecule has 2 aromatic heterocycles. The number of piperidine rings is 2. The van der Waals surface area contributed by atoms with Crippen LogP contribution in [0.25, 0.3) is 10.2 Å². The molecule has 0 spiro atoms. The van der Waals surface area contributed by atoms with Gasteiger partial charge in [0.05, 0.1) is 33.2 Å². The zero-order chi connectivity index (χ0) is 27.0. The molecule has 202 valence electrons. The maximum Gasteiger partial charge on any atom is 0.313 e. The summed E-state index contributed by atoms with van der Waals surface area (Å²) in [5, 5.41) is 3.96. The fourth-order valence-corrected chi connectivity index (χ4v) is 7.18. The van der Waals surface area contributed by atoms with Crippen molar-refractivity contribution in [2.45, 2.75) is 58.4 Å². The number of carbonyl (C=O) groups is 2. The van der Waals surface area contributed by atoms with E-state index in [0.717, 1.165) is 49.0 Å². The largest absolute Gasteiger partial charge is 0.383 e. The summed E-state index contributed by atoms with van der Waals surface area (Å²) in [6.45, 7) is 9.16. The molecule has 5 rings (SSSR count). The van der Waals surface area contributed by atoms with Crippen LogP contribution in [0, 0.1) is 11.8 Å². The van der Waals surface area contributed by atoms with Crippen molar-refractivity contribution in [2.75, 3.05) is 37.7 Å². The summed E-state index contributed by atoms with van der Waals surface area (Å²) < 4.78 is 1.18. The van der Waals surface area contributed by atoms with E-state index in [1.54, 1.807) is 22.3 Å². The molecule has 4 heterocycles. The molecule has 3 aromatic rings. The number of aromatic nitrogens is 2. The highest BCUT2D eigenvalue weighted by Gasteiger charge is 2.35. The second-order valence-electron chi connectivity index (χ2n) is 11.1. The van der Waals surface area contributed by atoms with Gasteiger partial charge in [0.25, 0.3) is 0 Å². The van der Waals surface area contributed by atoms with Crippen LogP contribution in [0.15, 0.2) is 30.5 Å². The lowest BCUT2D eigenvalue weighted by molar-refractivity contribution is -0.146. The van der Waals surface area contributed by atoms with E-state index >= 15 is 0 Å². The Balaban J connectivity index is 1.37. The summed E-state index contributed by atoms with van der Waals surface area (Å²) in [6, 6.07) is 8.00. The van der Waals surface area contributed by atoms with E-state index in [1.807, 2.05) is 6.92 Å². The predicted octanol–water partition coefficient (Wildman–Crippen LogP) is 4.83. The molecule has 3 N–H and O–H groups in total. The van der Waals surface area contributed by atoms with Crippen molar-refractivity contribution in [3.05, 3.63) is 46.6 Å². The molecule has 3 unspecified atom stereocenters. The highest BCUT2D eigenvalue weighted by Crippen LogP contribution is 2.39. The molecule has 8 nitrogen and oxygen atoms in total. The number of benzene rings is 1. The van der Waals surface area contributed by atoms with Crippen molar-refractivity contribution in [1.82, 2.24) is 19.8 Å². The molecule has 2 saturated heterocycles. The van der Waals surface area contributed by atoms with E-state index < -0.39 is 11.8 Å². The van der Waals surface area contributed by atoms with Crippen molar-refractivity contribution in [3.8, 4) is 0 Å². The third kappa shape index (κ3) is 5.40. The number of nitrogens with one attached hydrogen (secondary N) is 1. The van der Waals surface area contributed by atoms with E-state index in [0.29, 0.717) is 42.2 Å². The second kappa shape index (κ2) is 11.0. The number of aryl methyl sites for hydroxylation is 1. The summed E-state index contributed by atoms with van der Waals surface area (Å²) in [5.41, 5.74) is 9.25. The van der Waals surface area contributed by atoms with Crippen LogP contribution >= 0.6 is 11.3 Å². The molecule has 2 amide bonds. The van der Waals surface area contributed by atoms with Gasteiger partial charge in [-0.15, -0.1) is 11.3 Å². The van der Waals surface area contributed by atoms with Crippen LogP contribution in [0.3, 0.4) is 0 Å². The van der Waals surface area contributed by atoms with Gasteiger partial charge in [-0.05, 0) is 80.4 Å². The molecule has 1 aromatic carbocycles. The van der Waals surface area contributed by atoms with Crippen LogP contribution in [0.2, 0.25) is 0 Å². The van der Waals surface area contributed by atoms with Gasteiger partial charge >= 0.3 is 11.8 Å². The first kappa shape index (κ1) is 26.6. The summed E-state index contributed by atoms with van der Waals surface area (Å²) >= 11 is 1.79. The van der Waals surface area contributed by atoms with Gasteiger partial charge in [-0.25, -0.2) is 9.97 Å². The molecule has 0 aliphatic carbocycles. The average Bonchev–Trinajstić information content (AvgIpc) is 3.32. The number of amides is 2. The Bertz CT molecular complexity index is 1340. The van der Waals surface area contributed by atoms with E-state index in [-0.39, 0.29) is 6.04 Å². The molecular weight excluding hydrogens is 496 g/mol. The molecule has 0 saturated carbocycles. The van der Waals surface area contributed by atoms with Gasteiger partial charge in [0, 0.05) is 19.0 Å². The van der Waals surface area contributed by atoms with Crippen LogP contribution < -0.4 is 11.1 Å². The van der Waals surface area contributed by atoms with Gasteiger partial charge in [0.2, 0.25) is 0 Å². The van der Waals surface area contributed by atoms with Crippen LogP contribution in [0.1, 0.15) is 68.1 Å². The Morgan fingerprint density at radius 3 is 2.74 bits per heavy atom. The van der Waals surface area contributed by atoms with E-state index in [4.69, 9.17) is 10.7 Å². The first-order valence-electron chi connectivity index (χ1n) is 13.7. The molecule has 0 bridgehead atoms. The summed E-state index contributed by atoms with van der Waals surface area (Å²) in [6.07, 6.45) is 5.14. The zero-order valence-electron chi connectivity index (χ0n) is 22.7. The lowest BCUT2D eigenvalue weighted by atomic mass is 9.87. The summed E-state index contributed by atoms with van der Waals surface area (Å²) in [7, 11) is 2.19. The van der Waals surface area contributed by atoms with Gasteiger partial charge in [-0.2, -0.15) is 0 Å². The minimum absolute atomic E-state index is 0.156. The quantitative estimate of drug-likeness (QED) is 0.465. The third-order valence-corrected chi connectivity index (χ3v) is 9.32. The topological polar surface area (TPSA) is 104 Å². The first-order chi connectivity index (χ1) is 18.2. The monoisotopic (exact) mass is 534 g/mol. The SMILES string of the molecule is CCc1cc(NC(=O)C(=O)N2C[C@@H](C)CCC2c2ccc3sc(C4CCN(C)CC4C)nc3c2)cnc1N. The number of hydrogen-bond donors (Lipinski definition) is 2. The van der Waals surface area contributed by atoms with Gasteiger partial charge in [0.1, 0.15) is 5.82 Å². The van der Waals surface area contributed by atoms with Gasteiger partial charge in [-0.1, -0.05) is 26.8 Å². The highest BCUT2D eigenvalue weighted by molar-refractivity contribution is 7.18. The number of nitrogens with two attached hydrogens (primary N) is 1. The molecule has 0 radical (unpaired) electrons. The fraction of sp³-hybridized carbons (Fsp3) is 0.517. The van der Waals surface area contributed by atoms with Crippen LogP contribution in [-0.2, 0) is 16.0 Å². The summed E-state index contributed by atoms with van der Waals surface area (Å²) in [4.78, 5) is 39.8. The number of thiazole rings is 1. The van der Waals surface area contributed by atoms with Crippen molar-refractivity contribution >= 4 is 44.9 Å². The van der Waals surface area contributed by atoms with E-state index in [1.165, 1.54) is 15.9 Å². The predicted molar refractivity (Wildman–Crippen MR) is 153 cm³/mol. The fourth-order valence-electron chi connectivity index (χ4n) is 5.96. The van der Waals surface area contributed by atoms with Crippen molar-refractivity contribution < 1.29 is 9.59 Å². The van der Waals surface area contributed by atoms with Crippen LogP contribution in [-0.4, -0.2) is 58.3 Å². The number of nitrogen functional groups attached to an aromatic ring is 1. The zero-order valence-corrected chi connectivity index (χ0v) is 23.6. The third-order valence-electron chi connectivity index (χ3n) is 8.15. The molecule has 2 aliphatic rings. The lowest BCUT2D eigenvalue weighted by Crippen LogP contribution is -2.46. The minimum Gasteiger partial charge on any atom is -0.383 e. The Morgan fingerprint density at radius 2 is 1.97 bits per heavy atom. The van der Waals surface area contributed by atoms with Gasteiger partial charge < -0.3 is 20.9 Å². The Labute approximate surface area is 228 Å². The first-order valence-corrected chi connectivity index (χ1v) is 14.5.